The molecule has 21 heavy (non-hydrogen) atoms. The number of nitrogens with zero attached hydrogens (tertiary/aromatic N) is 2. The molecule has 1 aromatic heterocycles. The van der Waals surface area contributed by atoms with Gasteiger partial charge in [0, 0.05) is 22.3 Å². The summed E-state index contributed by atoms with van der Waals surface area (Å²) >= 11 is 15.2. The highest BCUT2D eigenvalue weighted by molar-refractivity contribution is 9.10. The first-order valence-corrected chi connectivity index (χ1v) is 8.03. The van der Waals surface area contributed by atoms with Crippen molar-refractivity contribution in [1.29, 1.82) is 0 Å². The van der Waals surface area contributed by atoms with E-state index in [2.05, 4.69) is 27.0 Å². The molecule has 0 fully saturated rings. The van der Waals surface area contributed by atoms with Gasteiger partial charge >= 0.3 is 0 Å². The van der Waals surface area contributed by atoms with E-state index < -0.39 is 0 Å². The van der Waals surface area contributed by atoms with Gasteiger partial charge in [0.25, 0.3) is 5.91 Å². The number of aryl methyl sites for hydroxylation is 1. The summed E-state index contributed by atoms with van der Waals surface area (Å²) in [5, 5.41) is 0.442. The first kappa shape index (κ1) is 14.8. The molecule has 0 aliphatic carbocycles. The predicted octanol–water partition coefficient (Wildman–Crippen LogP) is 4.74. The quantitative estimate of drug-likeness (QED) is 0.664. The maximum Gasteiger partial charge on any atom is 0.258 e. The van der Waals surface area contributed by atoms with Crippen molar-refractivity contribution in [3.8, 4) is 0 Å². The summed E-state index contributed by atoms with van der Waals surface area (Å²) in [6.45, 7) is 0.686. The zero-order valence-electron chi connectivity index (χ0n) is 10.9. The third-order valence-electron chi connectivity index (χ3n) is 3.42. The Morgan fingerprint density at radius 3 is 2.62 bits per heavy atom. The fourth-order valence-electron chi connectivity index (χ4n) is 2.52. The summed E-state index contributed by atoms with van der Waals surface area (Å²) in [4.78, 5) is 18.4. The minimum absolute atomic E-state index is 0.107. The standard InChI is InChI=1S/C15H11BrCl2N2O/c16-11-3-4-12-9(6-11)2-1-5-20(12)15(21)10-7-13(17)19-14(18)8-10/h3-4,6-8H,1-2,5H2. The predicted molar refractivity (Wildman–Crippen MR) is 88.4 cm³/mol. The van der Waals surface area contributed by atoms with Gasteiger partial charge in [-0.05, 0) is 48.7 Å². The molecule has 1 aliphatic heterocycles. The van der Waals surface area contributed by atoms with Crippen LogP contribution in [0.2, 0.25) is 10.3 Å². The molecule has 0 saturated carbocycles. The molecular formula is C15H11BrCl2N2O. The lowest BCUT2D eigenvalue weighted by Gasteiger charge is -2.29. The largest absolute Gasteiger partial charge is 0.308 e. The zero-order valence-corrected chi connectivity index (χ0v) is 14.0. The minimum atomic E-state index is -0.107. The van der Waals surface area contributed by atoms with Crippen LogP contribution >= 0.6 is 39.1 Å². The average molecular weight is 386 g/mol. The van der Waals surface area contributed by atoms with Crippen LogP contribution in [0.25, 0.3) is 0 Å². The van der Waals surface area contributed by atoms with Crippen LogP contribution < -0.4 is 4.90 Å². The van der Waals surface area contributed by atoms with Gasteiger partial charge in [-0.1, -0.05) is 39.1 Å². The number of pyridine rings is 1. The van der Waals surface area contributed by atoms with Crippen LogP contribution in [0.3, 0.4) is 0 Å². The Hall–Kier alpha value is -1.10. The van der Waals surface area contributed by atoms with Crippen molar-refractivity contribution in [1.82, 2.24) is 4.98 Å². The van der Waals surface area contributed by atoms with Gasteiger partial charge in [0.15, 0.2) is 0 Å². The van der Waals surface area contributed by atoms with Crippen molar-refractivity contribution in [2.75, 3.05) is 11.4 Å². The maximum atomic E-state index is 12.7. The van der Waals surface area contributed by atoms with E-state index >= 15 is 0 Å². The molecule has 0 radical (unpaired) electrons. The van der Waals surface area contributed by atoms with Gasteiger partial charge in [-0.3, -0.25) is 4.79 Å². The highest BCUT2D eigenvalue weighted by Crippen LogP contribution is 2.31. The van der Waals surface area contributed by atoms with Crippen molar-refractivity contribution in [2.24, 2.45) is 0 Å². The van der Waals surface area contributed by atoms with Crippen LogP contribution in [0.1, 0.15) is 22.3 Å². The summed E-state index contributed by atoms with van der Waals surface area (Å²) in [5.74, 6) is -0.107. The van der Waals surface area contributed by atoms with Crippen LogP contribution in [-0.2, 0) is 6.42 Å². The molecule has 2 aromatic rings. The van der Waals surface area contributed by atoms with Crippen molar-refractivity contribution in [2.45, 2.75) is 12.8 Å². The first-order valence-electron chi connectivity index (χ1n) is 6.48. The number of carbonyl (C=O) groups is 1. The minimum Gasteiger partial charge on any atom is -0.308 e. The molecule has 1 aromatic carbocycles. The second-order valence-corrected chi connectivity index (χ2v) is 6.52. The number of rotatable bonds is 1. The fourth-order valence-corrected chi connectivity index (χ4v) is 3.39. The van der Waals surface area contributed by atoms with E-state index in [0.717, 1.165) is 28.6 Å². The lowest BCUT2D eigenvalue weighted by Crippen LogP contribution is -2.35. The molecule has 1 aliphatic rings. The molecule has 0 saturated heterocycles. The Balaban J connectivity index is 2.00. The molecule has 0 bridgehead atoms. The van der Waals surface area contributed by atoms with Crippen LogP contribution in [0, 0.1) is 0 Å². The van der Waals surface area contributed by atoms with Gasteiger partial charge in [-0.2, -0.15) is 0 Å². The third kappa shape index (κ3) is 3.07. The maximum absolute atomic E-state index is 12.7. The van der Waals surface area contributed by atoms with Crippen molar-refractivity contribution in [3.63, 3.8) is 0 Å². The SMILES string of the molecule is O=C(c1cc(Cl)nc(Cl)c1)N1CCCc2cc(Br)ccc21. The zero-order chi connectivity index (χ0) is 15.0. The molecule has 2 heterocycles. The number of fused-ring (bicyclic) bond motifs is 1. The Morgan fingerprint density at radius 1 is 1.19 bits per heavy atom. The lowest BCUT2D eigenvalue weighted by atomic mass is 10.0. The highest BCUT2D eigenvalue weighted by atomic mass is 79.9. The summed E-state index contributed by atoms with van der Waals surface area (Å²) in [6.07, 6.45) is 1.90. The van der Waals surface area contributed by atoms with Gasteiger partial charge in [0.2, 0.25) is 0 Å². The number of benzene rings is 1. The molecule has 6 heteroatoms. The summed E-state index contributed by atoms with van der Waals surface area (Å²) in [5.41, 5.74) is 2.56. The van der Waals surface area contributed by atoms with E-state index in [0.29, 0.717) is 12.1 Å². The number of halogens is 3. The van der Waals surface area contributed by atoms with Crippen LogP contribution in [0.4, 0.5) is 5.69 Å². The van der Waals surface area contributed by atoms with Crippen molar-refractivity contribution < 1.29 is 4.79 Å². The average Bonchev–Trinajstić information content (AvgIpc) is 2.44. The van der Waals surface area contributed by atoms with E-state index in [4.69, 9.17) is 23.2 Å². The van der Waals surface area contributed by atoms with E-state index in [1.165, 1.54) is 0 Å². The molecule has 0 spiro atoms. The van der Waals surface area contributed by atoms with E-state index in [1.807, 2.05) is 12.1 Å². The van der Waals surface area contributed by atoms with Crippen molar-refractivity contribution >= 4 is 50.7 Å². The number of carbonyl (C=O) groups excluding carboxylic acids is 1. The van der Waals surface area contributed by atoms with E-state index in [9.17, 15) is 4.79 Å². The normalized spacial score (nSPS) is 14.0. The number of amides is 1. The molecule has 3 rings (SSSR count). The molecule has 108 valence electrons. The van der Waals surface area contributed by atoms with E-state index in [1.54, 1.807) is 17.0 Å². The number of hydrogen-bond donors (Lipinski definition) is 0. The van der Waals surface area contributed by atoms with Gasteiger partial charge < -0.3 is 4.90 Å². The van der Waals surface area contributed by atoms with Gasteiger partial charge in [0.05, 0.1) is 0 Å². The topological polar surface area (TPSA) is 33.2 Å². The second kappa shape index (κ2) is 5.95. The van der Waals surface area contributed by atoms with Crippen LogP contribution in [0.15, 0.2) is 34.8 Å². The Labute approximate surface area is 141 Å². The number of anilines is 1. The Morgan fingerprint density at radius 2 is 1.90 bits per heavy atom. The molecule has 0 atom stereocenters. The highest BCUT2D eigenvalue weighted by Gasteiger charge is 2.24. The van der Waals surface area contributed by atoms with E-state index in [-0.39, 0.29) is 16.2 Å². The Bertz CT molecular complexity index is 701. The van der Waals surface area contributed by atoms with Gasteiger partial charge in [0.1, 0.15) is 10.3 Å². The number of hydrogen-bond acceptors (Lipinski definition) is 2. The summed E-state index contributed by atoms with van der Waals surface area (Å²) < 4.78 is 1.02. The first-order chi connectivity index (χ1) is 10.0. The smallest absolute Gasteiger partial charge is 0.258 e. The molecule has 1 amide bonds. The summed E-state index contributed by atoms with van der Waals surface area (Å²) in [6, 6.07) is 9.05. The molecule has 0 unspecified atom stereocenters. The lowest BCUT2D eigenvalue weighted by molar-refractivity contribution is 0.0985. The third-order valence-corrected chi connectivity index (χ3v) is 4.30. The number of aromatic nitrogens is 1. The second-order valence-electron chi connectivity index (χ2n) is 4.83. The van der Waals surface area contributed by atoms with Crippen molar-refractivity contribution in [3.05, 3.63) is 56.2 Å². The fraction of sp³-hybridized carbons (Fsp3) is 0.200. The summed E-state index contributed by atoms with van der Waals surface area (Å²) in [7, 11) is 0. The Kier molecular flexibility index (Phi) is 4.20. The van der Waals surface area contributed by atoms with Crippen LogP contribution in [0.5, 0.6) is 0 Å². The molecule has 3 nitrogen and oxygen atoms in total. The molecule has 0 N–H and O–H groups in total. The van der Waals surface area contributed by atoms with Gasteiger partial charge in [-0.25, -0.2) is 4.98 Å². The van der Waals surface area contributed by atoms with Gasteiger partial charge in [-0.15, -0.1) is 0 Å². The monoisotopic (exact) mass is 384 g/mol. The van der Waals surface area contributed by atoms with Crippen LogP contribution in [-0.4, -0.2) is 17.4 Å². The molecular weight excluding hydrogens is 375 g/mol.